The summed E-state index contributed by atoms with van der Waals surface area (Å²) in [5, 5.41) is 0.644. The van der Waals surface area contributed by atoms with E-state index in [2.05, 4.69) is 11.9 Å². The van der Waals surface area contributed by atoms with Crippen molar-refractivity contribution in [3.8, 4) is 0 Å². The summed E-state index contributed by atoms with van der Waals surface area (Å²) in [6, 6.07) is 1.99. The zero-order valence-corrected chi connectivity index (χ0v) is 12.5. The average Bonchev–Trinajstić information content (AvgIpc) is 2.92. The van der Waals surface area contributed by atoms with Crippen LogP contribution < -0.4 is 0 Å². The molecule has 2 fully saturated rings. The zero-order valence-electron chi connectivity index (χ0n) is 11.7. The van der Waals surface area contributed by atoms with Crippen LogP contribution in [0.3, 0.4) is 0 Å². The van der Waals surface area contributed by atoms with E-state index in [0.29, 0.717) is 17.0 Å². The second-order valence-electron chi connectivity index (χ2n) is 6.42. The van der Waals surface area contributed by atoms with E-state index in [-0.39, 0.29) is 0 Å². The highest BCUT2D eigenvalue weighted by atomic mass is 35.5. The van der Waals surface area contributed by atoms with E-state index in [1.54, 1.807) is 0 Å². The average molecular weight is 279 g/mol. The number of nitrogens with zero attached hydrogens (tertiary/aromatic N) is 2. The van der Waals surface area contributed by atoms with E-state index in [1.165, 1.54) is 57.1 Å². The van der Waals surface area contributed by atoms with E-state index in [0.717, 1.165) is 11.7 Å². The molecule has 3 rings (SSSR count). The van der Waals surface area contributed by atoms with E-state index in [1.807, 2.05) is 6.07 Å². The van der Waals surface area contributed by atoms with Crippen LogP contribution in [0.5, 0.6) is 0 Å². The van der Waals surface area contributed by atoms with Gasteiger partial charge in [0.1, 0.15) is 11.0 Å². The maximum atomic E-state index is 6.23. The van der Waals surface area contributed by atoms with Gasteiger partial charge in [0.2, 0.25) is 0 Å². The number of halogens is 1. The van der Waals surface area contributed by atoms with Crippen molar-refractivity contribution in [2.75, 3.05) is 0 Å². The molecule has 19 heavy (non-hydrogen) atoms. The maximum absolute atomic E-state index is 6.23. The van der Waals surface area contributed by atoms with Gasteiger partial charge in [0.05, 0.1) is 0 Å². The minimum Gasteiger partial charge on any atom is -0.237 e. The first-order chi connectivity index (χ1) is 9.22. The smallest absolute Gasteiger partial charge is 0.133 e. The van der Waals surface area contributed by atoms with Crippen molar-refractivity contribution < 1.29 is 0 Å². The second-order valence-corrected chi connectivity index (χ2v) is 6.81. The van der Waals surface area contributed by atoms with Crippen LogP contribution in [0.15, 0.2) is 6.07 Å². The van der Waals surface area contributed by atoms with Gasteiger partial charge in [0.25, 0.3) is 0 Å². The van der Waals surface area contributed by atoms with E-state index in [9.17, 15) is 0 Å². The molecule has 2 nitrogen and oxygen atoms in total. The van der Waals surface area contributed by atoms with Crippen LogP contribution in [0.4, 0.5) is 0 Å². The molecule has 2 unspecified atom stereocenters. The van der Waals surface area contributed by atoms with Gasteiger partial charge in [0.15, 0.2) is 0 Å². The summed E-state index contributed by atoms with van der Waals surface area (Å²) < 4.78 is 0. The molecule has 2 saturated carbocycles. The first-order valence-electron chi connectivity index (χ1n) is 7.76. The Bertz CT molecular complexity index is 440. The molecule has 0 saturated heterocycles. The fourth-order valence-electron chi connectivity index (χ4n) is 3.74. The van der Waals surface area contributed by atoms with E-state index < -0.39 is 0 Å². The van der Waals surface area contributed by atoms with Crippen LogP contribution >= 0.6 is 11.6 Å². The van der Waals surface area contributed by atoms with Gasteiger partial charge in [0, 0.05) is 17.5 Å². The number of rotatable bonds is 2. The summed E-state index contributed by atoms with van der Waals surface area (Å²) in [4.78, 5) is 9.40. The summed E-state index contributed by atoms with van der Waals surface area (Å²) in [7, 11) is 0. The summed E-state index contributed by atoms with van der Waals surface area (Å²) in [6.07, 6.45) is 10.3. The molecule has 0 aromatic carbocycles. The van der Waals surface area contributed by atoms with Crippen molar-refractivity contribution in [1.82, 2.24) is 9.97 Å². The molecule has 2 aliphatic rings. The topological polar surface area (TPSA) is 25.8 Å². The Hall–Kier alpha value is -0.630. The third kappa shape index (κ3) is 3.10. The van der Waals surface area contributed by atoms with Crippen molar-refractivity contribution in [3.05, 3.63) is 22.7 Å². The first-order valence-corrected chi connectivity index (χ1v) is 8.14. The highest BCUT2D eigenvalue weighted by Gasteiger charge is 2.25. The van der Waals surface area contributed by atoms with Gasteiger partial charge in [-0.25, -0.2) is 9.97 Å². The van der Waals surface area contributed by atoms with Crippen LogP contribution in [0.25, 0.3) is 0 Å². The minimum absolute atomic E-state index is 0.530. The highest BCUT2D eigenvalue weighted by molar-refractivity contribution is 6.29. The van der Waals surface area contributed by atoms with Crippen molar-refractivity contribution in [2.45, 2.75) is 70.1 Å². The van der Waals surface area contributed by atoms with Gasteiger partial charge in [-0.1, -0.05) is 44.2 Å². The SMILES string of the molecule is CC1CCCC(c2nc(Cl)cc(C3CCCC3)n2)C1. The summed E-state index contributed by atoms with van der Waals surface area (Å²) in [6.45, 7) is 2.34. The van der Waals surface area contributed by atoms with Crippen LogP contribution in [0, 0.1) is 5.92 Å². The number of aromatic nitrogens is 2. The monoisotopic (exact) mass is 278 g/mol. The lowest BCUT2D eigenvalue weighted by molar-refractivity contribution is 0.334. The Kier molecular flexibility index (Phi) is 4.07. The Morgan fingerprint density at radius 3 is 2.47 bits per heavy atom. The third-order valence-corrected chi connectivity index (χ3v) is 5.00. The van der Waals surface area contributed by atoms with Gasteiger partial charge in [-0.3, -0.25) is 0 Å². The Morgan fingerprint density at radius 2 is 1.74 bits per heavy atom. The fraction of sp³-hybridized carbons (Fsp3) is 0.750. The second kappa shape index (κ2) is 5.78. The lowest BCUT2D eigenvalue weighted by Gasteiger charge is -2.26. The molecule has 0 N–H and O–H groups in total. The van der Waals surface area contributed by atoms with Gasteiger partial charge in [-0.2, -0.15) is 0 Å². The molecule has 2 aliphatic carbocycles. The maximum Gasteiger partial charge on any atom is 0.133 e. The lowest BCUT2D eigenvalue weighted by atomic mass is 9.82. The van der Waals surface area contributed by atoms with E-state index >= 15 is 0 Å². The molecule has 1 aromatic rings. The van der Waals surface area contributed by atoms with Crippen molar-refractivity contribution in [3.63, 3.8) is 0 Å². The van der Waals surface area contributed by atoms with Gasteiger partial charge >= 0.3 is 0 Å². The van der Waals surface area contributed by atoms with E-state index in [4.69, 9.17) is 16.6 Å². The molecular weight excluding hydrogens is 256 g/mol. The minimum atomic E-state index is 0.530. The zero-order chi connectivity index (χ0) is 13.2. The molecule has 0 radical (unpaired) electrons. The Labute approximate surface area is 121 Å². The number of hydrogen-bond donors (Lipinski definition) is 0. The number of hydrogen-bond acceptors (Lipinski definition) is 2. The normalized spacial score (nSPS) is 28.7. The van der Waals surface area contributed by atoms with Crippen molar-refractivity contribution >= 4 is 11.6 Å². The van der Waals surface area contributed by atoms with Crippen molar-refractivity contribution in [1.29, 1.82) is 0 Å². The molecule has 3 heteroatoms. The molecule has 1 aromatic heterocycles. The van der Waals surface area contributed by atoms with Gasteiger partial charge in [-0.05, 0) is 37.7 Å². The molecule has 104 valence electrons. The standard InChI is InChI=1S/C16H23ClN2/c1-11-5-4-8-13(9-11)16-18-14(10-15(17)19-16)12-6-2-3-7-12/h10-13H,2-9H2,1H3. The molecule has 0 amide bonds. The third-order valence-electron chi connectivity index (χ3n) is 4.81. The van der Waals surface area contributed by atoms with Crippen LogP contribution in [0.1, 0.15) is 81.6 Å². The fourth-order valence-corrected chi connectivity index (χ4v) is 3.93. The van der Waals surface area contributed by atoms with Crippen LogP contribution in [-0.4, -0.2) is 9.97 Å². The van der Waals surface area contributed by atoms with Crippen molar-refractivity contribution in [2.24, 2.45) is 5.92 Å². The largest absolute Gasteiger partial charge is 0.237 e. The predicted octanol–water partition coefficient (Wildman–Crippen LogP) is 5.08. The highest BCUT2D eigenvalue weighted by Crippen LogP contribution is 2.37. The summed E-state index contributed by atoms with van der Waals surface area (Å²) in [5.41, 5.74) is 1.20. The quantitative estimate of drug-likeness (QED) is 0.705. The predicted molar refractivity (Wildman–Crippen MR) is 78.6 cm³/mol. The summed E-state index contributed by atoms with van der Waals surface area (Å²) >= 11 is 6.23. The Balaban J connectivity index is 1.84. The molecule has 0 aliphatic heterocycles. The molecule has 0 bridgehead atoms. The molecule has 1 heterocycles. The van der Waals surface area contributed by atoms with Crippen LogP contribution in [-0.2, 0) is 0 Å². The van der Waals surface area contributed by atoms with Gasteiger partial charge < -0.3 is 0 Å². The molecule has 2 atom stereocenters. The lowest BCUT2D eigenvalue weighted by Crippen LogP contribution is -2.15. The first kappa shape index (κ1) is 13.4. The molecule has 0 spiro atoms. The van der Waals surface area contributed by atoms with Gasteiger partial charge in [-0.15, -0.1) is 0 Å². The Morgan fingerprint density at radius 1 is 1.00 bits per heavy atom. The van der Waals surface area contributed by atoms with Crippen LogP contribution in [0.2, 0.25) is 5.15 Å². The summed E-state index contributed by atoms with van der Waals surface area (Å²) in [5.74, 6) is 2.97. The molecular formula is C16H23ClN2.